The van der Waals surface area contributed by atoms with Gasteiger partial charge in [-0.25, -0.2) is 4.39 Å². The third-order valence-corrected chi connectivity index (χ3v) is 5.44. The third-order valence-electron chi connectivity index (χ3n) is 4.94. The van der Waals surface area contributed by atoms with Crippen molar-refractivity contribution < 1.29 is 13.6 Å². The molecule has 0 aliphatic carbocycles. The van der Waals surface area contributed by atoms with Crippen LogP contribution in [-0.4, -0.2) is 29.9 Å². The van der Waals surface area contributed by atoms with Crippen LogP contribution in [0.5, 0.6) is 0 Å². The Labute approximate surface area is 165 Å². The van der Waals surface area contributed by atoms with Gasteiger partial charge in [0.15, 0.2) is 5.76 Å². The molecule has 140 valence electrons. The lowest BCUT2D eigenvalue weighted by Gasteiger charge is -2.32. The van der Waals surface area contributed by atoms with Gasteiger partial charge in [0.05, 0.1) is 0 Å². The van der Waals surface area contributed by atoms with Gasteiger partial charge in [0, 0.05) is 35.5 Å². The molecule has 0 saturated carbocycles. The minimum absolute atomic E-state index is 0.141. The van der Waals surface area contributed by atoms with Gasteiger partial charge >= 0.3 is 0 Å². The van der Waals surface area contributed by atoms with Crippen LogP contribution in [0.1, 0.15) is 29.0 Å². The molecule has 1 saturated heterocycles. The molecule has 1 aliphatic rings. The molecular weight excluding hydrogens is 411 g/mol. The van der Waals surface area contributed by atoms with E-state index in [-0.39, 0.29) is 17.8 Å². The van der Waals surface area contributed by atoms with Crippen LogP contribution >= 0.6 is 15.9 Å². The maximum atomic E-state index is 13.0. The molecule has 1 N–H and O–H groups in total. The summed E-state index contributed by atoms with van der Waals surface area (Å²) in [6, 6.07) is 14.2. The Bertz CT molecular complexity index is 946. The van der Waals surface area contributed by atoms with Crippen LogP contribution in [0.15, 0.2) is 57.4 Å². The first-order valence-electron chi connectivity index (χ1n) is 9.03. The van der Waals surface area contributed by atoms with E-state index < -0.39 is 0 Å². The lowest BCUT2D eigenvalue weighted by molar-refractivity contribution is 0.0883. The number of furan rings is 1. The molecule has 1 aromatic heterocycles. The van der Waals surface area contributed by atoms with E-state index in [1.54, 1.807) is 6.07 Å². The largest absolute Gasteiger partial charge is 0.451 e. The number of nitrogens with zero attached hydrogens (tertiary/aromatic N) is 1. The van der Waals surface area contributed by atoms with Gasteiger partial charge in [-0.15, -0.1) is 0 Å². The molecule has 3 aromatic rings. The maximum Gasteiger partial charge on any atom is 0.287 e. The fourth-order valence-electron chi connectivity index (χ4n) is 3.47. The van der Waals surface area contributed by atoms with Crippen LogP contribution in [-0.2, 0) is 6.54 Å². The van der Waals surface area contributed by atoms with Crippen molar-refractivity contribution in [2.24, 2.45) is 0 Å². The molecule has 0 spiro atoms. The van der Waals surface area contributed by atoms with E-state index in [2.05, 4.69) is 26.1 Å². The van der Waals surface area contributed by atoms with E-state index in [4.69, 9.17) is 4.42 Å². The number of carbonyl (C=O) groups excluding carboxylic acids is 1. The van der Waals surface area contributed by atoms with Gasteiger partial charge in [0.25, 0.3) is 5.91 Å². The molecule has 1 aliphatic heterocycles. The number of rotatable bonds is 4. The number of hydrogen-bond acceptors (Lipinski definition) is 3. The molecule has 2 heterocycles. The number of benzene rings is 2. The van der Waals surface area contributed by atoms with Crippen molar-refractivity contribution in [2.75, 3.05) is 13.1 Å². The van der Waals surface area contributed by atoms with Crippen LogP contribution in [0.3, 0.4) is 0 Å². The molecule has 0 radical (unpaired) electrons. The Morgan fingerprint density at radius 2 is 1.89 bits per heavy atom. The Kier molecular flexibility index (Phi) is 5.27. The summed E-state index contributed by atoms with van der Waals surface area (Å²) in [4.78, 5) is 14.8. The van der Waals surface area contributed by atoms with E-state index in [0.29, 0.717) is 11.3 Å². The van der Waals surface area contributed by atoms with E-state index in [1.165, 1.54) is 12.1 Å². The SMILES string of the molecule is O=C(NC1CCN(Cc2ccc(F)cc2)CC1)c1cc2cc(Br)ccc2o1. The van der Waals surface area contributed by atoms with Gasteiger partial charge in [-0.1, -0.05) is 28.1 Å². The molecule has 0 bridgehead atoms. The minimum Gasteiger partial charge on any atom is -0.451 e. The summed E-state index contributed by atoms with van der Waals surface area (Å²) in [6.07, 6.45) is 1.78. The zero-order valence-corrected chi connectivity index (χ0v) is 16.3. The number of likely N-dealkylation sites (tertiary alicyclic amines) is 1. The second kappa shape index (κ2) is 7.82. The lowest BCUT2D eigenvalue weighted by atomic mass is 10.0. The van der Waals surface area contributed by atoms with Crippen molar-refractivity contribution in [3.8, 4) is 0 Å². The highest BCUT2D eigenvalue weighted by Gasteiger charge is 2.22. The van der Waals surface area contributed by atoms with Crippen molar-refractivity contribution in [3.05, 3.63) is 70.1 Å². The fraction of sp³-hybridized carbons (Fsp3) is 0.286. The Hall–Kier alpha value is -2.18. The molecule has 27 heavy (non-hydrogen) atoms. The zero-order valence-electron chi connectivity index (χ0n) is 14.8. The van der Waals surface area contributed by atoms with Crippen LogP contribution in [0.25, 0.3) is 11.0 Å². The smallest absolute Gasteiger partial charge is 0.287 e. The average molecular weight is 431 g/mol. The monoisotopic (exact) mass is 430 g/mol. The number of halogens is 2. The molecule has 6 heteroatoms. The normalized spacial score (nSPS) is 15.9. The number of nitrogens with one attached hydrogen (secondary N) is 1. The van der Waals surface area contributed by atoms with Gasteiger partial charge in [-0.2, -0.15) is 0 Å². The predicted octanol–water partition coefficient (Wildman–Crippen LogP) is 4.73. The van der Waals surface area contributed by atoms with E-state index >= 15 is 0 Å². The molecule has 0 atom stereocenters. The van der Waals surface area contributed by atoms with Crippen LogP contribution in [0, 0.1) is 5.82 Å². The van der Waals surface area contributed by atoms with Crippen molar-refractivity contribution in [3.63, 3.8) is 0 Å². The molecule has 4 nitrogen and oxygen atoms in total. The van der Waals surface area contributed by atoms with Crippen molar-refractivity contribution in [1.82, 2.24) is 10.2 Å². The van der Waals surface area contributed by atoms with Crippen LogP contribution in [0.2, 0.25) is 0 Å². The number of carbonyl (C=O) groups is 1. The predicted molar refractivity (Wildman–Crippen MR) is 106 cm³/mol. The number of hydrogen-bond donors (Lipinski definition) is 1. The Morgan fingerprint density at radius 3 is 2.63 bits per heavy atom. The molecule has 1 fully saturated rings. The Morgan fingerprint density at radius 1 is 1.15 bits per heavy atom. The second-order valence-electron chi connectivity index (χ2n) is 6.94. The Balaban J connectivity index is 1.31. The van der Waals surface area contributed by atoms with Crippen molar-refractivity contribution in [1.29, 1.82) is 0 Å². The van der Waals surface area contributed by atoms with Crippen molar-refractivity contribution >= 4 is 32.8 Å². The standard InChI is InChI=1S/C21H20BrFN2O2/c22-16-3-6-19-15(11-16)12-20(27-19)21(26)24-18-7-9-25(10-8-18)13-14-1-4-17(23)5-2-14/h1-6,11-12,18H,7-10,13H2,(H,24,26). The minimum atomic E-state index is -0.210. The molecule has 0 unspecified atom stereocenters. The average Bonchev–Trinajstić information content (AvgIpc) is 3.08. The summed E-state index contributed by atoms with van der Waals surface area (Å²) >= 11 is 3.43. The van der Waals surface area contributed by atoms with Gasteiger partial charge < -0.3 is 9.73 Å². The highest BCUT2D eigenvalue weighted by Crippen LogP contribution is 2.23. The fourth-order valence-corrected chi connectivity index (χ4v) is 3.84. The highest BCUT2D eigenvalue weighted by atomic mass is 79.9. The van der Waals surface area contributed by atoms with Gasteiger partial charge in [-0.3, -0.25) is 9.69 Å². The van der Waals surface area contributed by atoms with Gasteiger partial charge in [0.1, 0.15) is 11.4 Å². The first kappa shape index (κ1) is 18.2. The first-order chi connectivity index (χ1) is 13.1. The summed E-state index contributed by atoms with van der Waals surface area (Å²) in [5.74, 6) is -0.0331. The van der Waals surface area contributed by atoms with Gasteiger partial charge in [0.2, 0.25) is 0 Å². The van der Waals surface area contributed by atoms with Gasteiger partial charge in [-0.05, 0) is 54.8 Å². The summed E-state index contributed by atoms with van der Waals surface area (Å²) in [6.45, 7) is 2.60. The van der Waals surface area contributed by atoms with E-state index in [1.807, 2.05) is 30.3 Å². The number of piperidine rings is 1. The second-order valence-corrected chi connectivity index (χ2v) is 7.86. The number of amides is 1. The quantitative estimate of drug-likeness (QED) is 0.650. The van der Waals surface area contributed by atoms with Crippen LogP contribution in [0.4, 0.5) is 4.39 Å². The number of fused-ring (bicyclic) bond motifs is 1. The summed E-state index contributed by atoms with van der Waals surface area (Å²) in [7, 11) is 0. The van der Waals surface area contributed by atoms with Crippen LogP contribution < -0.4 is 5.32 Å². The molecular formula is C21H20BrFN2O2. The van der Waals surface area contributed by atoms with E-state index in [0.717, 1.165) is 47.9 Å². The molecule has 1 amide bonds. The molecule has 2 aromatic carbocycles. The summed E-state index contributed by atoms with van der Waals surface area (Å²) < 4.78 is 19.6. The summed E-state index contributed by atoms with van der Waals surface area (Å²) in [5.41, 5.74) is 1.81. The van der Waals surface area contributed by atoms with E-state index in [9.17, 15) is 9.18 Å². The first-order valence-corrected chi connectivity index (χ1v) is 9.83. The van der Waals surface area contributed by atoms with Crippen molar-refractivity contribution in [2.45, 2.75) is 25.4 Å². The topological polar surface area (TPSA) is 45.5 Å². The summed E-state index contributed by atoms with van der Waals surface area (Å²) in [5, 5.41) is 3.99. The highest BCUT2D eigenvalue weighted by molar-refractivity contribution is 9.10. The zero-order chi connectivity index (χ0) is 18.8. The maximum absolute atomic E-state index is 13.0. The third kappa shape index (κ3) is 4.39. The lowest BCUT2D eigenvalue weighted by Crippen LogP contribution is -2.44. The molecule has 4 rings (SSSR count).